The average Bonchev–Trinajstić information content (AvgIpc) is 3.10. The van der Waals surface area contributed by atoms with Gasteiger partial charge in [0.15, 0.2) is 0 Å². The van der Waals surface area contributed by atoms with Crippen molar-refractivity contribution in [2.75, 3.05) is 18.0 Å². The van der Waals surface area contributed by atoms with Gasteiger partial charge in [-0.15, -0.1) is 0 Å². The van der Waals surface area contributed by atoms with Gasteiger partial charge >= 0.3 is 0 Å². The molecule has 0 spiro atoms. The minimum atomic E-state index is 1.08. The Kier molecular flexibility index (Phi) is 2.43. The van der Waals surface area contributed by atoms with Crippen molar-refractivity contribution in [3.05, 3.63) is 65.2 Å². The largest absolute Gasteiger partial charge is 0.371 e. The van der Waals surface area contributed by atoms with Crippen LogP contribution in [0.25, 0.3) is 21.9 Å². The SMILES string of the molecule is CCN1CCc2cc3c(cc21)Cc1cc2ccccc2cc1-3. The molecule has 0 atom stereocenters. The Hall–Kier alpha value is -2.28. The quantitative estimate of drug-likeness (QED) is 0.486. The monoisotopic (exact) mass is 285 g/mol. The van der Waals surface area contributed by atoms with E-state index in [-0.39, 0.29) is 0 Å². The maximum absolute atomic E-state index is 2.51. The van der Waals surface area contributed by atoms with Gasteiger partial charge < -0.3 is 4.90 Å². The standard InChI is InChI=1S/C21H19N/c1-2-22-8-7-16-12-20-18(13-21(16)22)10-17-9-14-5-3-4-6-15(14)11-19(17)20/h3-6,9,11-13H,2,7-8,10H2,1H3. The van der Waals surface area contributed by atoms with Crippen LogP contribution in [0, 0.1) is 0 Å². The van der Waals surface area contributed by atoms with Gasteiger partial charge in [-0.25, -0.2) is 0 Å². The van der Waals surface area contributed by atoms with Crippen molar-refractivity contribution in [1.29, 1.82) is 0 Å². The van der Waals surface area contributed by atoms with E-state index < -0.39 is 0 Å². The van der Waals surface area contributed by atoms with E-state index in [0.29, 0.717) is 0 Å². The van der Waals surface area contributed by atoms with Crippen LogP contribution in [-0.2, 0) is 12.8 Å². The summed E-state index contributed by atoms with van der Waals surface area (Å²) in [5, 5.41) is 2.71. The van der Waals surface area contributed by atoms with Crippen LogP contribution in [0.3, 0.4) is 0 Å². The summed E-state index contributed by atoms with van der Waals surface area (Å²) < 4.78 is 0. The van der Waals surface area contributed by atoms with Crippen LogP contribution >= 0.6 is 0 Å². The van der Waals surface area contributed by atoms with Gasteiger partial charge in [0.05, 0.1) is 0 Å². The molecule has 2 aliphatic rings. The lowest BCUT2D eigenvalue weighted by atomic mass is 9.99. The van der Waals surface area contributed by atoms with Gasteiger partial charge in [0.2, 0.25) is 0 Å². The van der Waals surface area contributed by atoms with Crippen LogP contribution in [-0.4, -0.2) is 13.1 Å². The summed E-state index contributed by atoms with van der Waals surface area (Å²) >= 11 is 0. The maximum atomic E-state index is 2.51. The highest BCUT2D eigenvalue weighted by atomic mass is 15.1. The number of rotatable bonds is 1. The highest BCUT2D eigenvalue weighted by Gasteiger charge is 2.25. The molecular weight excluding hydrogens is 266 g/mol. The maximum Gasteiger partial charge on any atom is 0.0402 e. The Morgan fingerprint density at radius 1 is 0.864 bits per heavy atom. The van der Waals surface area contributed by atoms with Crippen LogP contribution in [0.5, 0.6) is 0 Å². The Bertz CT molecular complexity index is 907. The van der Waals surface area contributed by atoms with E-state index in [1.165, 1.54) is 57.2 Å². The fourth-order valence-electron chi connectivity index (χ4n) is 4.16. The molecule has 1 nitrogen and oxygen atoms in total. The molecule has 0 amide bonds. The molecule has 0 bridgehead atoms. The van der Waals surface area contributed by atoms with E-state index in [4.69, 9.17) is 0 Å². The van der Waals surface area contributed by atoms with Crippen LogP contribution < -0.4 is 4.90 Å². The van der Waals surface area contributed by atoms with E-state index in [9.17, 15) is 0 Å². The summed E-state index contributed by atoms with van der Waals surface area (Å²) in [5.41, 5.74) is 8.91. The summed E-state index contributed by atoms with van der Waals surface area (Å²) in [4.78, 5) is 2.51. The molecular formula is C21H19N. The van der Waals surface area contributed by atoms with E-state index in [0.717, 1.165) is 13.0 Å². The number of fused-ring (bicyclic) bond motifs is 5. The Labute approximate surface area is 131 Å². The molecule has 1 heterocycles. The predicted octanol–water partition coefficient (Wildman–Crippen LogP) is 4.79. The third-order valence-corrected chi connectivity index (χ3v) is 5.32. The van der Waals surface area contributed by atoms with Crippen molar-refractivity contribution in [1.82, 2.24) is 0 Å². The molecule has 3 aromatic rings. The zero-order valence-corrected chi connectivity index (χ0v) is 12.9. The van der Waals surface area contributed by atoms with Gasteiger partial charge in [0, 0.05) is 18.8 Å². The minimum Gasteiger partial charge on any atom is -0.371 e. The number of anilines is 1. The summed E-state index contributed by atoms with van der Waals surface area (Å²) in [6.07, 6.45) is 2.28. The lowest BCUT2D eigenvalue weighted by Gasteiger charge is -2.17. The highest BCUT2D eigenvalue weighted by molar-refractivity contribution is 5.92. The molecule has 0 saturated heterocycles. The number of benzene rings is 3. The van der Waals surface area contributed by atoms with Gasteiger partial charge in [-0.05, 0) is 76.6 Å². The summed E-state index contributed by atoms with van der Waals surface area (Å²) in [5.74, 6) is 0. The van der Waals surface area contributed by atoms with Gasteiger partial charge in [0.25, 0.3) is 0 Å². The average molecular weight is 285 g/mol. The van der Waals surface area contributed by atoms with Crippen molar-refractivity contribution in [3.63, 3.8) is 0 Å². The van der Waals surface area contributed by atoms with Gasteiger partial charge in [-0.2, -0.15) is 0 Å². The Morgan fingerprint density at radius 2 is 1.59 bits per heavy atom. The van der Waals surface area contributed by atoms with Gasteiger partial charge in [-0.1, -0.05) is 30.3 Å². The second kappa shape index (κ2) is 4.36. The number of nitrogens with zero attached hydrogens (tertiary/aromatic N) is 1. The molecule has 108 valence electrons. The molecule has 22 heavy (non-hydrogen) atoms. The van der Waals surface area contributed by atoms with Gasteiger partial charge in [-0.3, -0.25) is 0 Å². The zero-order chi connectivity index (χ0) is 14.7. The van der Waals surface area contributed by atoms with Crippen LogP contribution in [0.2, 0.25) is 0 Å². The fraction of sp³-hybridized carbons (Fsp3) is 0.238. The number of hydrogen-bond acceptors (Lipinski definition) is 1. The smallest absolute Gasteiger partial charge is 0.0402 e. The fourth-order valence-corrected chi connectivity index (χ4v) is 4.16. The first-order valence-electron chi connectivity index (χ1n) is 8.26. The molecule has 0 fully saturated rings. The molecule has 0 N–H and O–H groups in total. The van der Waals surface area contributed by atoms with Crippen LogP contribution in [0.15, 0.2) is 48.5 Å². The zero-order valence-electron chi connectivity index (χ0n) is 12.9. The third kappa shape index (κ3) is 1.60. The van der Waals surface area contributed by atoms with E-state index in [1.54, 1.807) is 0 Å². The lowest BCUT2D eigenvalue weighted by Crippen LogP contribution is -2.19. The summed E-state index contributed by atoms with van der Waals surface area (Å²) in [6, 6.07) is 18.4. The second-order valence-electron chi connectivity index (χ2n) is 6.50. The first-order chi connectivity index (χ1) is 10.8. The van der Waals surface area contributed by atoms with Crippen molar-refractivity contribution < 1.29 is 0 Å². The third-order valence-electron chi connectivity index (χ3n) is 5.32. The van der Waals surface area contributed by atoms with E-state index >= 15 is 0 Å². The number of hydrogen-bond donors (Lipinski definition) is 0. The van der Waals surface area contributed by atoms with Crippen molar-refractivity contribution in [2.45, 2.75) is 19.8 Å². The molecule has 0 aromatic heterocycles. The van der Waals surface area contributed by atoms with Crippen molar-refractivity contribution in [2.24, 2.45) is 0 Å². The summed E-state index contributed by atoms with van der Waals surface area (Å²) in [6.45, 7) is 4.55. The minimum absolute atomic E-state index is 1.08. The molecule has 5 rings (SSSR count). The number of likely N-dealkylation sites (N-methyl/N-ethyl adjacent to an activating group) is 1. The first-order valence-corrected chi connectivity index (χ1v) is 8.26. The molecule has 1 aliphatic heterocycles. The van der Waals surface area contributed by atoms with Crippen LogP contribution in [0.4, 0.5) is 5.69 Å². The molecule has 0 radical (unpaired) electrons. The van der Waals surface area contributed by atoms with E-state index in [2.05, 4.69) is 60.4 Å². The normalized spacial score (nSPS) is 15.0. The van der Waals surface area contributed by atoms with E-state index in [1.807, 2.05) is 0 Å². The molecule has 1 heteroatoms. The van der Waals surface area contributed by atoms with Crippen LogP contribution in [0.1, 0.15) is 23.6 Å². The predicted molar refractivity (Wildman–Crippen MR) is 93.8 cm³/mol. The first kappa shape index (κ1) is 12.3. The topological polar surface area (TPSA) is 3.24 Å². The molecule has 3 aromatic carbocycles. The second-order valence-corrected chi connectivity index (χ2v) is 6.50. The Morgan fingerprint density at radius 3 is 2.41 bits per heavy atom. The molecule has 1 aliphatic carbocycles. The van der Waals surface area contributed by atoms with Gasteiger partial charge in [0.1, 0.15) is 0 Å². The Balaban J connectivity index is 1.72. The highest BCUT2D eigenvalue weighted by Crippen LogP contribution is 2.43. The van der Waals surface area contributed by atoms with Crippen molar-refractivity contribution in [3.8, 4) is 11.1 Å². The summed E-state index contributed by atoms with van der Waals surface area (Å²) in [7, 11) is 0. The molecule has 0 saturated carbocycles. The van der Waals surface area contributed by atoms with Crippen molar-refractivity contribution >= 4 is 16.5 Å². The molecule has 0 unspecified atom stereocenters. The lowest BCUT2D eigenvalue weighted by molar-refractivity contribution is 0.868.